The summed E-state index contributed by atoms with van der Waals surface area (Å²) >= 11 is 1.20. The van der Waals surface area contributed by atoms with Gasteiger partial charge >= 0.3 is 0 Å². The highest BCUT2D eigenvalue weighted by molar-refractivity contribution is 7.21. The average molecular weight is 396 g/mol. The Morgan fingerprint density at radius 1 is 1.36 bits per heavy atom. The van der Waals surface area contributed by atoms with Gasteiger partial charge in [0.2, 0.25) is 0 Å². The summed E-state index contributed by atoms with van der Waals surface area (Å²) in [6, 6.07) is 5.54. The van der Waals surface area contributed by atoms with Crippen molar-refractivity contribution in [3.8, 4) is 17.4 Å². The number of likely N-dealkylation sites (N-methyl/N-ethyl adjacent to an activating group) is 1. The lowest BCUT2D eigenvalue weighted by molar-refractivity contribution is 0.0649. The fourth-order valence-corrected chi connectivity index (χ4v) is 4.60. The Labute approximate surface area is 165 Å². The molecule has 1 aliphatic rings. The smallest absolute Gasteiger partial charge is 0.266 e. The molecule has 1 amide bonds. The molecule has 0 aliphatic carbocycles. The van der Waals surface area contributed by atoms with E-state index in [1.54, 1.807) is 12.1 Å². The van der Waals surface area contributed by atoms with Crippen LogP contribution in [0, 0.1) is 11.3 Å². The molecule has 0 radical (unpaired) electrons. The number of rotatable bonds is 3. The number of pyridine rings is 1. The number of nitrogens with zero attached hydrogens (tertiary/aromatic N) is 4. The summed E-state index contributed by atoms with van der Waals surface area (Å²) in [5.41, 5.74) is 13.4. The van der Waals surface area contributed by atoms with Crippen LogP contribution in [0.5, 0.6) is 0 Å². The molecule has 0 atom stereocenters. The molecule has 1 saturated heterocycles. The molecule has 3 aromatic heterocycles. The number of hydrogen-bond acceptors (Lipinski definition) is 8. The van der Waals surface area contributed by atoms with E-state index in [0.29, 0.717) is 45.2 Å². The third kappa shape index (κ3) is 2.87. The number of carbonyl (C=O) groups is 1. The summed E-state index contributed by atoms with van der Waals surface area (Å²) in [4.78, 5) is 22.5. The van der Waals surface area contributed by atoms with Crippen molar-refractivity contribution in [3.63, 3.8) is 0 Å². The summed E-state index contributed by atoms with van der Waals surface area (Å²) in [5, 5.41) is 10.1. The minimum atomic E-state index is -0.112. The molecule has 3 aromatic rings. The SMILES string of the molecule is CCN1CCN(C(=O)c2sc3nc(N)c(C#N)c(-c4ccco4)c3c2N)CC1. The third-order valence-corrected chi connectivity index (χ3v) is 6.17. The molecule has 4 N–H and O–H groups in total. The van der Waals surface area contributed by atoms with E-state index in [-0.39, 0.29) is 17.3 Å². The molecule has 144 valence electrons. The van der Waals surface area contributed by atoms with E-state index in [2.05, 4.69) is 22.9 Å². The molecule has 0 spiro atoms. The number of hydrogen-bond donors (Lipinski definition) is 2. The Morgan fingerprint density at radius 3 is 2.71 bits per heavy atom. The van der Waals surface area contributed by atoms with Crippen LogP contribution in [-0.2, 0) is 0 Å². The highest BCUT2D eigenvalue weighted by Crippen LogP contribution is 2.43. The van der Waals surface area contributed by atoms with Gasteiger partial charge in [-0.2, -0.15) is 5.26 Å². The summed E-state index contributed by atoms with van der Waals surface area (Å²) in [5.74, 6) is 0.452. The van der Waals surface area contributed by atoms with Crippen LogP contribution in [0.1, 0.15) is 22.2 Å². The van der Waals surface area contributed by atoms with E-state index in [0.717, 1.165) is 19.6 Å². The van der Waals surface area contributed by atoms with Gasteiger partial charge in [-0.1, -0.05) is 6.92 Å². The van der Waals surface area contributed by atoms with Gasteiger partial charge in [0, 0.05) is 31.6 Å². The fourth-order valence-electron chi connectivity index (χ4n) is 3.52. The van der Waals surface area contributed by atoms with E-state index < -0.39 is 0 Å². The molecular formula is C19H20N6O2S. The Bertz CT molecular complexity index is 1070. The quantitative estimate of drug-likeness (QED) is 0.696. The highest BCUT2D eigenvalue weighted by atomic mass is 32.1. The summed E-state index contributed by atoms with van der Waals surface area (Å²) in [6.45, 7) is 6.08. The van der Waals surface area contributed by atoms with Crippen molar-refractivity contribution in [1.29, 1.82) is 5.26 Å². The van der Waals surface area contributed by atoms with Crippen molar-refractivity contribution < 1.29 is 9.21 Å². The number of piperazine rings is 1. The maximum Gasteiger partial charge on any atom is 0.266 e. The second-order valence-electron chi connectivity index (χ2n) is 6.59. The average Bonchev–Trinajstić information content (AvgIpc) is 3.35. The molecular weight excluding hydrogens is 376 g/mol. The number of anilines is 2. The lowest BCUT2D eigenvalue weighted by Gasteiger charge is -2.33. The fraction of sp³-hybridized carbons (Fsp3) is 0.316. The van der Waals surface area contributed by atoms with Gasteiger partial charge in [0.1, 0.15) is 32.9 Å². The van der Waals surface area contributed by atoms with Crippen molar-refractivity contribution in [2.75, 3.05) is 44.2 Å². The highest BCUT2D eigenvalue weighted by Gasteiger charge is 2.29. The first-order valence-electron chi connectivity index (χ1n) is 9.02. The van der Waals surface area contributed by atoms with Crippen LogP contribution < -0.4 is 11.5 Å². The topological polar surface area (TPSA) is 125 Å². The molecule has 1 fully saturated rings. The van der Waals surface area contributed by atoms with Crippen molar-refractivity contribution in [3.05, 3.63) is 28.8 Å². The Balaban J connectivity index is 1.82. The molecule has 1 aliphatic heterocycles. The molecule has 4 heterocycles. The second-order valence-corrected chi connectivity index (χ2v) is 7.59. The molecule has 0 bridgehead atoms. The van der Waals surface area contributed by atoms with Crippen LogP contribution in [0.3, 0.4) is 0 Å². The summed E-state index contributed by atoms with van der Waals surface area (Å²) in [7, 11) is 0. The van der Waals surface area contributed by atoms with Crippen molar-refractivity contribution in [2.45, 2.75) is 6.92 Å². The molecule has 9 heteroatoms. The van der Waals surface area contributed by atoms with Gasteiger partial charge < -0.3 is 25.7 Å². The predicted octanol–water partition coefficient (Wildman–Crippen LogP) is 2.37. The maximum absolute atomic E-state index is 13.1. The predicted molar refractivity (Wildman–Crippen MR) is 109 cm³/mol. The number of nitriles is 1. The van der Waals surface area contributed by atoms with Gasteiger partial charge in [-0.15, -0.1) is 11.3 Å². The number of nitrogen functional groups attached to an aromatic ring is 2. The zero-order valence-electron chi connectivity index (χ0n) is 15.4. The number of carbonyl (C=O) groups excluding carboxylic acids is 1. The van der Waals surface area contributed by atoms with Crippen LogP contribution in [0.2, 0.25) is 0 Å². The standard InChI is InChI=1S/C19H20N6O2S/c1-2-24-5-7-25(8-6-24)19(26)16-15(21)14-13(12-4-3-9-27-12)11(10-20)17(22)23-18(14)28-16/h3-4,9H,2,5-8,21H2,1H3,(H2,22,23). The monoisotopic (exact) mass is 396 g/mol. The molecule has 4 rings (SSSR count). The zero-order chi connectivity index (χ0) is 19.8. The van der Waals surface area contributed by atoms with E-state index in [9.17, 15) is 10.1 Å². The van der Waals surface area contributed by atoms with Crippen molar-refractivity contribution in [1.82, 2.24) is 14.8 Å². The Hall–Kier alpha value is -3.09. The number of thiophene rings is 1. The Kier molecular flexibility index (Phi) is 4.66. The number of nitrogens with two attached hydrogens (primary N) is 2. The number of fused-ring (bicyclic) bond motifs is 1. The Morgan fingerprint density at radius 2 is 2.11 bits per heavy atom. The molecule has 0 saturated carbocycles. The van der Waals surface area contributed by atoms with Crippen LogP contribution in [0.25, 0.3) is 21.5 Å². The minimum Gasteiger partial charge on any atom is -0.464 e. The molecule has 28 heavy (non-hydrogen) atoms. The van der Waals surface area contributed by atoms with E-state index >= 15 is 0 Å². The van der Waals surface area contributed by atoms with Gasteiger partial charge in [-0.05, 0) is 18.7 Å². The van der Waals surface area contributed by atoms with Gasteiger partial charge in [0.25, 0.3) is 5.91 Å². The van der Waals surface area contributed by atoms with E-state index in [1.165, 1.54) is 17.6 Å². The van der Waals surface area contributed by atoms with Crippen LogP contribution >= 0.6 is 11.3 Å². The largest absolute Gasteiger partial charge is 0.464 e. The van der Waals surface area contributed by atoms with E-state index in [1.807, 2.05) is 4.90 Å². The normalized spacial score (nSPS) is 15.1. The summed E-state index contributed by atoms with van der Waals surface area (Å²) < 4.78 is 5.50. The lowest BCUT2D eigenvalue weighted by atomic mass is 10.0. The molecule has 8 nitrogen and oxygen atoms in total. The first-order chi connectivity index (χ1) is 13.5. The zero-order valence-corrected chi connectivity index (χ0v) is 16.3. The van der Waals surface area contributed by atoms with Gasteiger partial charge in [-0.25, -0.2) is 4.98 Å². The third-order valence-electron chi connectivity index (χ3n) is 5.09. The number of aromatic nitrogens is 1. The van der Waals surface area contributed by atoms with Crippen molar-refractivity contribution >= 4 is 39.0 Å². The van der Waals surface area contributed by atoms with Crippen LogP contribution in [0.4, 0.5) is 11.5 Å². The number of furan rings is 1. The lowest BCUT2D eigenvalue weighted by Crippen LogP contribution is -2.48. The van der Waals surface area contributed by atoms with E-state index in [4.69, 9.17) is 15.9 Å². The molecule has 0 unspecified atom stereocenters. The van der Waals surface area contributed by atoms with Crippen LogP contribution in [-0.4, -0.2) is 53.4 Å². The maximum atomic E-state index is 13.1. The minimum absolute atomic E-state index is 0.0956. The van der Waals surface area contributed by atoms with Gasteiger partial charge in [-0.3, -0.25) is 4.79 Å². The van der Waals surface area contributed by atoms with Gasteiger partial charge in [0.05, 0.1) is 17.5 Å². The van der Waals surface area contributed by atoms with Gasteiger partial charge in [0.15, 0.2) is 0 Å². The number of amides is 1. The summed E-state index contributed by atoms with van der Waals surface area (Å²) in [6.07, 6.45) is 1.51. The first kappa shape index (κ1) is 18.3. The van der Waals surface area contributed by atoms with Crippen LogP contribution in [0.15, 0.2) is 22.8 Å². The second kappa shape index (κ2) is 7.14. The molecule has 0 aromatic carbocycles. The van der Waals surface area contributed by atoms with Crippen molar-refractivity contribution in [2.24, 2.45) is 0 Å². The first-order valence-corrected chi connectivity index (χ1v) is 9.83.